The van der Waals surface area contributed by atoms with Gasteiger partial charge in [-0.3, -0.25) is 9.78 Å². The first-order valence-corrected chi connectivity index (χ1v) is 8.14. The van der Waals surface area contributed by atoms with Crippen LogP contribution in [0, 0.1) is 6.92 Å². The maximum absolute atomic E-state index is 11.2. The molecule has 0 bridgehead atoms. The van der Waals surface area contributed by atoms with Crippen LogP contribution >= 0.6 is 11.5 Å². The van der Waals surface area contributed by atoms with Crippen molar-refractivity contribution in [3.05, 3.63) is 81.5 Å². The monoisotopic (exact) mass is 336 g/mol. The Kier molecular flexibility index (Phi) is 4.44. The highest BCUT2D eigenvalue weighted by molar-refractivity contribution is 7.03. The molecule has 3 aromatic rings. The van der Waals surface area contributed by atoms with Crippen LogP contribution in [-0.4, -0.2) is 14.5 Å². The molecular weight excluding hydrogens is 320 g/mol. The van der Waals surface area contributed by atoms with Crippen LogP contribution in [0.5, 0.6) is 5.75 Å². The van der Waals surface area contributed by atoms with Crippen LogP contribution in [0.3, 0.4) is 0 Å². The summed E-state index contributed by atoms with van der Waals surface area (Å²) in [6.45, 7) is 6.07. The van der Waals surface area contributed by atoms with Gasteiger partial charge in [-0.05, 0) is 41.3 Å². The first-order chi connectivity index (χ1) is 11.5. The van der Waals surface area contributed by atoms with E-state index in [9.17, 15) is 9.90 Å². The number of rotatable bonds is 4. The number of hydrogen-bond donors (Lipinski definition) is 2. The van der Waals surface area contributed by atoms with Crippen LogP contribution < -0.4 is 4.87 Å². The number of phenols is 1. The average molecular weight is 336 g/mol. The molecule has 0 fully saturated rings. The summed E-state index contributed by atoms with van der Waals surface area (Å²) in [4.78, 5) is 13.7. The standard InChI is InChI=1S/C19H16N2O2S/c1-12(3-5-16-11-17(22)10-4-13(16)2)14-6-8-15(9-7-14)18-20-19(23)24-21-18/h3-11,22H,1H2,2H3,(H,20,21,23)/b5-3-. The molecule has 0 unspecified atom stereocenters. The predicted octanol–water partition coefficient (Wildman–Crippen LogP) is 4.24. The van der Waals surface area contributed by atoms with Crippen LogP contribution in [0.2, 0.25) is 0 Å². The molecule has 1 aromatic heterocycles. The van der Waals surface area contributed by atoms with Crippen molar-refractivity contribution < 1.29 is 5.11 Å². The molecule has 4 nitrogen and oxygen atoms in total. The van der Waals surface area contributed by atoms with E-state index in [2.05, 4.69) is 15.9 Å². The lowest BCUT2D eigenvalue weighted by atomic mass is 10.0. The second kappa shape index (κ2) is 6.68. The van der Waals surface area contributed by atoms with E-state index in [0.29, 0.717) is 5.82 Å². The van der Waals surface area contributed by atoms with E-state index in [0.717, 1.165) is 39.4 Å². The molecule has 5 heteroatoms. The quantitative estimate of drug-likeness (QED) is 0.700. The Bertz CT molecular complexity index is 966. The van der Waals surface area contributed by atoms with E-state index in [1.807, 2.05) is 49.4 Å². The van der Waals surface area contributed by atoms with Crippen molar-refractivity contribution in [2.24, 2.45) is 0 Å². The van der Waals surface area contributed by atoms with Gasteiger partial charge in [-0.15, -0.1) is 0 Å². The van der Waals surface area contributed by atoms with Crippen molar-refractivity contribution >= 4 is 23.2 Å². The number of aromatic nitrogens is 2. The number of nitrogens with one attached hydrogen (secondary N) is 1. The Morgan fingerprint density at radius 1 is 1.25 bits per heavy atom. The van der Waals surface area contributed by atoms with Gasteiger partial charge in [0.25, 0.3) is 0 Å². The van der Waals surface area contributed by atoms with Crippen LogP contribution in [0.15, 0.2) is 59.9 Å². The van der Waals surface area contributed by atoms with Gasteiger partial charge >= 0.3 is 4.87 Å². The molecule has 1 heterocycles. The normalized spacial score (nSPS) is 11.0. The van der Waals surface area contributed by atoms with Gasteiger partial charge < -0.3 is 5.11 Å². The summed E-state index contributed by atoms with van der Waals surface area (Å²) in [7, 11) is 0. The third-order valence-corrected chi connectivity index (χ3v) is 4.24. The molecule has 0 spiro atoms. The number of allylic oxidation sites excluding steroid dienone is 2. The number of aromatic amines is 1. The van der Waals surface area contributed by atoms with E-state index in [1.54, 1.807) is 12.1 Å². The number of aromatic hydroxyl groups is 1. The van der Waals surface area contributed by atoms with Gasteiger partial charge in [0, 0.05) is 17.1 Å². The molecule has 0 radical (unpaired) electrons. The van der Waals surface area contributed by atoms with Crippen molar-refractivity contribution in [1.82, 2.24) is 9.36 Å². The highest BCUT2D eigenvalue weighted by Gasteiger charge is 2.03. The first-order valence-electron chi connectivity index (χ1n) is 7.36. The van der Waals surface area contributed by atoms with Gasteiger partial charge in [-0.2, -0.15) is 4.37 Å². The van der Waals surface area contributed by atoms with Gasteiger partial charge in [-0.1, -0.05) is 49.1 Å². The predicted molar refractivity (Wildman–Crippen MR) is 99.1 cm³/mol. The summed E-state index contributed by atoms with van der Waals surface area (Å²) in [6.07, 6.45) is 3.85. The largest absolute Gasteiger partial charge is 0.508 e. The SMILES string of the molecule is C=C(/C=C\c1cc(O)ccc1C)c1ccc(-c2nsc(=O)[nH]2)cc1. The Morgan fingerprint density at radius 3 is 2.67 bits per heavy atom. The second-order valence-electron chi connectivity index (χ2n) is 5.42. The summed E-state index contributed by atoms with van der Waals surface area (Å²) >= 11 is 0.908. The van der Waals surface area contributed by atoms with Crippen molar-refractivity contribution in [2.75, 3.05) is 0 Å². The number of hydrogen-bond acceptors (Lipinski definition) is 4. The molecule has 0 saturated heterocycles. The smallest absolute Gasteiger partial charge is 0.323 e. The Hall–Kier alpha value is -2.92. The van der Waals surface area contributed by atoms with E-state index in [4.69, 9.17) is 0 Å². The second-order valence-corrected chi connectivity index (χ2v) is 6.16. The summed E-state index contributed by atoms with van der Waals surface area (Å²) in [5.74, 6) is 0.820. The molecule has 120 valence electrons. The zero-order valence-electron chi connectivity index (χ0n) is 13.1. The minimum Gasteiger partial charge on any atom is -0.508 e. The Labute approximate surface area is 143 Å². The highest BCUT2D eigenvalue weighted by Crippen LogP contribution is 2.22. The van der Waals surface area contributed by atoms with Crippen LogP contribution in [0.4, 0.5) is 0 Å². The summed E-state index contributed by atoms with van der Waals surface area (Å²) < 4.78 is 4.07. The lowest BCUT2D eigenvalue weighted by molar-refractivity contribution is 0.475. The topological polar surface area (TPSA) is 66.0 Å². The summed E-state index contributed by atoms with van der Waals surface area (Å²) in [5.41, 5.74) is 4.73. The third kappa shape index (κ3) is 3.52. The molecule has 2 aromatic carbocycles. The fourth-order valence-electron chi connectivity index (χ4n) is 2.29. The van der Waals surface area contributed by atoms with Crippen molar-refractivity contribution in [2.45, 2.75) is 6.92 Å². The zero-order chi connectivity index (χ0) is 17.1. The molecule has 3 rings (SSSR count). The molecule has 0 aliphatic carbocycles. The number of H-pyrrole nitrogens is 1. The minimum absolute atomic E-state index is 0.164. The molecule has 0 aliphatic heterocycles. The van der Waals surface area contributed by atoms with E-state index < -0.39 is 0 Å². The number of phenolic OH excluding ortho intramolecular Hbond substituents is 1. The maximum atomic E-state index is 11.2. The minimum atomic E-state index is -0.164. The maximum Gasteiger partial charge on any atom is 0.323 e. The molecule has 2 N–H and O–H groups in total. The van der Waals surface area contributed by atoms with Crippen molar-refractivity contribution in [3.8, 4) is 17.1 Å². The van der Waals surface area contributed by atoms with E-state index >= 15 is 0 Å². The van der Waals surface area contributed by atoms with Crippen LogP contribution in [0.1, 0.15) is 16.7 Å². The van der Waals surface area contributed by atoms with Gasteiger partial charge in [0.05, 0.1) is 0 Å². The molecule has 24 heavy (non-hydrogen) atoms. The van der Waals surface area contributed by atoms with Crippen molar-refractivity contribution in [3.63, 3.8) is 0 Å². The number of aryl methyl sites for hydroxylation is 1. The fraction of sp³-hybridized carbons (Fsp3) is 0.0526. The van der Waals surface area contributed by atoms with Gasteiger partial charge in [0.1, 0.15) is 5.75 Å². The fourth-order valence-corrected chi connectivity index (χ4v) is 2.76. The van der Waals surface area contributed by atoms with Crippen LogP contribution in [-0.2, 0) is 0 Å². The Morgan fingerprint density at radius 2 is 2.00 bits per heavy atom. The number of benzene rings is 2. The highest BCUT2D eigenvalue weighted by atomic mass is 32.1. The molecule has 0 aliphatic rings. The zero-order valence-corrected chi connectivity index (χ0v) is 13.9. The van der Waals surface area contributed by atoms with Gasteiger partial charge in [0.15, 0.2) is 5.82 Å². The first kappa shape index (κ1) is 16.0. The Balaban J connectivity index is 1.79. The average Bonchev–Trinajstić information content (AvgIpc) is 3.02. The van der Waals surface area contributed by atoms with Gasteiger partial charge in [0.2, 0.25) is 0 Å². The lowest BCUT2D eigenvalue weighted by Crippen LogP contribution is -1.92. The molecule has 0 atom stereocenters. The molecule has 0 saturated carbocycles. The molecule has 0 amide bonds. The number of nitrogens with zero attached hydrogens (tertiary/aromatic N) is 1. The van der Waals surface area contributed by atoms with Crippen molar-refractivity contribution in [1.29, 1.82) is 0 Å². The third-order valence-electron chi connectivity index (χ3n) is 3.70. The summed E-state index contributed by atoms with van der Waals surface area (Å²) in [5, 5.41) is 9.57. The van der Waals surface area contributed by atoms with E-state index in [-0.39, 0.29) is 10.6 Å². The molecular formula is C19H16N2O2S. The lowest BCUT2D eigenvalue weighted by Gasteiger charge is -2.04. The van der Waals surface area contributed by atoms with Gasteiger partial charge in [-0.25, -0.2) is 0 Å². The van der Waals surface area contributed by atoms with E-state index in [1.165, 1.54) is 0 Å². The summed E-state index contributed by atoms with van der Waals surface area (Å²) in [6, 6.07) is 13.0. The van der Waals surface area contributed by atoms with Crippen LogP contribution in [0.25, 0.3) is 23.0 Å².